The standard InChI is InChI=1S/C17H24N2O4/c1-5-23-17(22)13-6-8-19(9-7-13)16(21)15-10(2)14(12(4)20)11(3)18-15/h13,18H,5-9H2,1-4H3. The molecule has 0 unspecified atom stereocenters. The average molecular weight is 320 g/mol. The van der Waals surface area contributed by atoms with E-state index >= 15 is 0 Å². The molecule has 6 heteroatoms. The van der Waals surface area contributed by atoms with Gasteiger partial charge in [-0.15, -0.1) is 0 Å². The highest BCUT2D eigenvalue weighted by Crippen LogP contribution is 2.23. The number of ketones is 1. The van der Waals surface area contributed by atoms with Crippen LogP contribution in [0.25, 0.3) is 0 Å². The molecule has 1 aromatic rings. The topological polar surface area (TPSA) is 79.5 Å². The second kappa shape index (κ2) is 6.98. The molecule has 126 valence electrons. The predicted molar refractivity (Wildman–Crippen MR) is 85.5 cm³/mol. The molecule has 0 bridgehead atoms. The van der Waals surface area contributed by atoms with Crippen LogP contribution in [0, 0.1) is 19.8 Å². The number of rotatable bonds is 4. The van der Waals surface area contributed by atoms with E-state index in [-0.39, 0.29) is 23.6 Å². The summed E-state index contributed by atoms with van der Waals surface area (Å²) in [5.74, 6) is -0.458. The van der Waals surface area contributed by atoms with Gasteiger partial charge in [-0.2, -0.15) is 0 Å². The molecule has 1 aromatic heterocycles. The van der Waals surface area contributed by atoms with E-state index in [9.17, 15) is 14.4 Å². The number of hydrogen-bond acceptors (Lipinski definition) is 4. The average Bonchev–Trinajstić information content (AvgIpc) is 2.81. The van der Waals surface area contributed by atoms with Crippen molar-refractivity contribution < 1.29 is 19.1 Å². The zero-order valence-corrected chi connectivity index (χ0v) is 14.2. The van der Waals surface area contributed by atoms with Crippen LogP contribution in [0.4, 0.5) is 0 Å². The van der Waals surface area contributed by atoms with Crippen LogP contribution in [-0.2, 0) is 9.53 Å². The summed E-state index contributed by atoms with van der Waals surface area (Å²) in [5, 5.41) is 0. The highest BCUT2D eigenvalue weighted by atomic mass is 16.5. The van der Waals surface area contributed by atoms with Gasteiger partial charge < -0.3 is 14.6 Å². The molecule has 1 saturated heterocycles. The van der Waals surface area contributed by atoms with Crippen LogP contribution >= 0.6 is 0 Å². The van der Waals surface area contributed by atoms with Gasteiger partial charge in [0.05, 0.1) is 12.5 Å². The molecule has 0 aliphatic carbocycles. The third-order valence-corrected chi connectivity index (χ3v) is 4.41. The Bertz CT molecular complexity index is 625. The second-order valence-electron chi connectivity index (χ2n) is 6.00. The molecule has 0 saturated carbocycles. The molecular formula is C17H24N2O4. The fourth-order valence-corrected chi connectivity index (χ4v) is 3.23. The summed E-state index contributed by atoms with van der Waals surface area (Å²) in [4.78, 5) is 40.9. The molecule has 0 radical (unpaired) electrons. The maximum Gasteiger partial charge on any atom is 0.309 e. The fraction of sp³-hybridized carbons (Fsp3) is 0.588. The molecule has 0 spiro atoms. The number of esters is 1. The maximum atomic E-state index is 12.7. The number of likely N-dealkylation sites (tertiary alicyclic amines) is 1. The number of amides is 1. The highest BCUT2D eigenvalue weighted by molar-refractivity contribution is 6.02. The number of aryl methyl sites for hydroxylation is 1. The first-order valence-electron chi connectivity index (χ1n) is 8.02. The van der Waals surface area contributed by atoms with Crippen LogP contribution in [-0.4, -0.2) is 47.2 Å². The minimum atomic E-state index is -0.176. The third kappa shape index (κ3) is 3.46. The number of piperidine rings is 1. The molecular weight excluding hydrogens is 296 g/mol. The Morgan fingerprint density at radius 1 is 1.22 bits per heavy atom. The number of nitrogens with one attached hydrogen (secondary N) is 1. The van der Waals surface area contributed by atoms with E-state index < -0.39 is 0 Å². The van der Waals surface area contributed by atoms with Gasteiger partial charge in [0.2, 0.25) is 0 Å². The van der Waals surface area contributed by atoms with Crippen LogP contribution in [0.5, 0.6) is 0 Å². The van der Waals surface area contributed by atoms with Crippen molar-refractivity contribution in [3.05, 3.63) is 22.5 Å². The van der Waals surface area contributed by atoms with E-state index in [1.807, 2.05) is 0 Å². The van der Waals surface area contributed by atoms with Crippen molar-refractivity contribution in [1.29, 1.82) is 0 Å². The van der Waals surface area contributed by atoms with Gasteiger partial charge in [-0.3, -0.25) is 14.4 Å². The Kier molecular flexibility index (Phi) is 5.23. The first-order chi connectivity index (χ1) is 10.9. The lowest BCUT2D eigenvalue weighted by molar-refractivity contribution is -0.149. The third-order valence-electron chi connectivity index (χ3n) is 4.41. The minimum Gasteiger partial charge on any atom is -0.466 e. The molecule has 1 amide bonds. The summed E-state index contributed by atoms with van der Waals surface area (Å²) >= 11 is 0. The number of aromatic nitrogens is 1. The fourth-order valence-electron chi connectivity index (χ4n) is 3.23. The number of nitrogens with zero attached hydrogens (tertiary/aromatic N) is 1. The van der Waals surface area contributed by atoms with E-state index in [0.29, 0.717) is 49.4 Å². The molecule has 23 heavy (non-hydrogen) atoms. The van der Waals surface area contributed by atoms with Crippen molar-refractivity contribution in [3.63, 3.8) is 0 Å². The van der Waals surface area contributed by atoms with Gasteiger partial charge in [0, 0.05) is 24.3 Å². The summed E-state index contributed by atoms with van der Waals surface area (Å²) in [6.07, 6.45) is 1.23. The SMILES string of the molecule is CCOC(=O)C1CCN(C(=O)c2[nH]c(C)c(C(C)=O)c2C)CC1. The Morgan fingerprint density at radius 2 is 1.83 bits per heavy atom. The van der Waals surface area contributed by atoms with E-state index in [0.717, 1.165) is 5.69 Å². The molecule has 0 aromatic carbocycles. The summed E-state index contributed by atoms with van der Waals surface area (Å²) in [6.45, 7) is 8.31. The Balaban J connectivity index is 2.07. The van der Waals surface area contributed by atoms with Gasteiger partial charge in [-0.05, 0) is 46.1 Å². The largest absolute Gasteiger partial charge is 0.466 e. The predicted octanol–water partition coefficient (Wildman–Crippen LogP) is 2.25. The van der Waals surface area contributed by atoms with E-state index in [4.69, 9.17) is 4.74 Å². The summed E-state index contributed by atoms with van der Waals surface area (Å²) in [5.41, 5.74) is 2.49. The van der Waals surface area contributed by atoms with Crippen LogP contribution < -0.4 is 0 Å². The number of aromatic amines is 1. The van der Waals surface area contributed by atoms with Crippen molar-refractivity contribution in [1.82, 2.24) is 9.88 Å². The second-order valence-corrected chi connectivity index (χ2v) is 6.00. The summed E-state index contributed by atoms with van der Waals surface area (Å²) < 4.78 is 5.04. The molecule has 2 rings (SSSR count). The number of carbonyl (C=O) groups excluding carboxylic acids is 3. The Morgan fingerprint density at radius 3 is 2.30 bits per heavy atom. The Labute approximate surface area is 136 Å². The molecule has 1 fully saturated rings. The molecule has 1 N–H and O–H groups in total. The molecule has 6 nitrogen and oxygen atoms in total. The van der Waals surface area contributed by atoms with Crippen LogP contribution in [0.1, 0.15) is 58.8 Å². The monoisotopic (exact) mass is 320 g/mol. The molecule has 2 heterocycles. The normalized spacial score (nSPS) is 15.6. The zero-order valence-electron chi connectivity index (χ0n) is 14.2. The lowest BCUT2D eigenvalue weighted by Gasteiger charge is -2.30. The smallest absolute Gasteiger partial charge is 0.309 e. The van der Waals surface area contributed by atoms with Gasteiger partial charge in [0.15, 0.2) is 5.78 Å². The lowest BCUT2D eigenvalue weighted by Crippen LogP contribution is -2.41. The van der Waals surface area contributed by atoms with Crippen molar-refractivity contribution in [2.75, 3.05) is 19.7 Å². The minimum absolute atomic E-state index is 0.0451. The summed E-state index contributed by atoms with van der Waals surface area (Å²) in [6, 6.07) is 0. The summed E-state index contributed by atoms with van der Waals surface area (Å²) in [7, 11) is 0. The molecule has 1 aliphatic rings. The van der Waals surface area contributed by atoms with Gasteiger partial charge in [-0.1, -0.05) is 0 Å². The number of carbonyl (C=O) groups is 3. The quantitative estimate of drug-likeness (QED) is 0.681. The van der Waals surface area contributed by atoms with Gasteiger partial charge in [-0.25, -0.2) is 0 Å². The van der Waals surface area contributed by atoms with E-state index in [2.05, 4.69) is 4.98 Å². The first-order valence-corrected chi connectivity index (χ1v) is 8.02. The van der Waals surface area contributed by atoms with Crippen molar-refractivity contribution in [2.45, 2.75) is 40.5 Å². The molecule has 0 atom stereocenters. The van der Waals surface area contributed by atoms with Crippen molar-refractivity contribution >= 4 is 17.7 Å². The number of ether oxygens (including phenoxy) is 1. The first kappa shape index (κ1) is 17.2. The highest BCUT2D eigenvalue weighted by Gasteiger charge is 2.30. The van der Waals surface area contributed by atoms with Crippen LogP contribution in [0.2, 0.25) is 0 Å². The van der Waals surface area contributed by atoms with E-state index in [1.165, 1.54) is 6.92 Å². The number of H-pyrrole nitrogens is 1. The lowest BCUT2D eigenvalue weighted by atomic mass is 9.96. The van der Waals surface area contributed by atoms with Crippen LogP contribution in [0.15, 0.2) is 0 Å². The van der Waals surface area contributed by atoms with E-state index in [1.54, 1.807) is 25.7 Å². The van der Waals surface area contributed by atoms with Crippen molar-refractivity contribution in [3.8, 4) is 0 Å². The molecule has 1 aliphatic heterocycles. The Hall–Kier alpha value is -2.11. The zero-order chi connectivity index (χ0) is 17.1. The van der Waals surface area contributed by atoms with Gasteiger partial charge in [0.25, 0.3) is 5.91 Å². The van der Waals surface area contributed by atoms with Crippen molar-refractivity contribution in [2.24, 2.45) is 5.92 Å². The van der Waals surface area contributed by atoms with Crippen LogP contribution in [0.3, 0.4) is 0 Å². The van der Waals surface area contributed by atoms with Gasteiger partial charge >= 0.3 is 5.97 Å². The van der Waals surface area contributed by atoms with Gasteiger partial charge in [0.1, 0.15) is 5.69 Å². The number of hydrogen-bond donors (Lipinski definition) is 1. The maximum absolute atomic E-state index is 12.7. The number of Topliss-reactive ketones (excluding diaryl/α,β-unsaturated/α-hetero) is 1.